The molecular formula is C24H33N5O7. The van der Waals surface area contributed by atoms with Gasteiger partial charge in [0.05, 0.1) is 19.6 Å². The van der Waals surface area contributed by atoms with Crippen molar-refractivity contribution >= 4 is 29.8 Å². The third-order valence-corrected chi connectivity index (χ3v) is 5.05. The molecule has 0 heterocycles. The monoisotopic (exact) mass is 503 g/mol. The van der Waals surface area contributed by atoms with Crippen molar-refractivity contribution in [2.24, 2.45) is 5.73 Å². The molecule has 12 nitrogen and oxygen atoms in total. The summed E-state index contributed by atoms with van der Waals surface area (Å²) in [5.74, 6) is -3.31. The van der Waals surface area contributed by atoms with Crippen molar-refractivity contribution in [3.05, 3.63) is 34.9 Å². The number of nitrogens with one attached hydrogen (secondary N) is 2. The molecule has 0 aliphatic heterocycles. The molecule has 1 rings (SSSR count). The maximum atomic E-state index is 13.6. The van der Waals surface area contributed by atoms with Gasteiger partial charge in [-0.15, -0.1) is 0 Å². The van der Waals surface area contributed by atoms with Gasteiger partial charge in [-0.25, -0.2) is 4.79 Å². The number of hydrogen-bond acceptors (Lipinski definition) is 8. The van der Waals surface area contributed by atoms with Gasteiger partial charge in [0.15, 0.2) is 0 Å². The van der Waals surface area contributed by atoms with Crippen molar-refractivity contribution in [1.82, 2.24) is 15.5 Å². The van der Waals surface area contributed by atoms with E-state index in [9.17, 15) is 29.2 Å². The Kier molecular flexibility index (Phi) is 10.9. The third kappa shape index (κ3) is 8.90. The number of primary amides is 1. The summed E-state index contributed by atoms with van der Waals surface area (Å²) in [6.45, 7) is 7.32. The van der Waals surface area contributed by atoms with Gasteiger partial charge in [-0.3, -0.25) is 19.2 Å². The molecule has 196 valence electrons. The van der Waals surface area contributed by atoms with E-state index < -0.39 is 67.0 Å². The van der Waals surface area contributed by atoms with Crippen molar-refractivity contribution < 1.29 is 33.4 Å². The Bertz CT molecular complexity index is 1040. The standard InChI is InChI=1S/C24H33N5O7/c1-14-8-7-9-16(15(14)2)20(21(32)27-13-19(31)35-6)29(11-10-25)22(33)17(12-18(26)30)28-23(34)36-24(3,4)5/h7-9,17,20H,11-13H2,1-6H3,(H2,26,30)(H,27,32)(H,28,34). The van der Waals surface area contributed by atoms with Crippen molar-refractivity contribution in [3.8, 4) is 6.07 Å². The first kappa shape index (κ1) is 29.9. The predicted octanol–water partition coefficient (Wildman–Crippen LogP) is 0.755. The van der Waals surface area contributed by atoms with Gasteiger partial charge in [-0.05, 0) is 51.3 Å². The lowest BCUT2D eigenvalue weighted by atomic mass is 9.95. The van der Waals surface area contributed by atoms with Crippen LogP contribution in [0, 0.1) is 25.2 Å². The van der Waals surface area contributed by atoms with Crippen molar-refractivity contribution in [1.29, 1.82) is 5.26 Å². The number of ether oxygens (including phenoxy) is 2. The highest BCUT2D eigenvalue weighted by Gasteiger charge is 2.37. The number of amides is 4. The predicted molar refractivity (Wildman–Crippen MR) is 128 cm³/mol. The zero-order valence-electron chi connectivity index (χ0n) is 21.3. The smallest absolute Gasteiger partial charge is 0.408 e. The summed E-state index contributed by atoms with van der Waals surface area (Å²) in [5.41, 5.74) is 6.26. The third-order valence-electron chi connectivity index (χ3n) is 5.05. The molecule has 0 aliphatic carbocycles. The summed E-state index contributed by atoms with van der Waals surface area (Å²) in [6.07, 6.45) is -1.60. The normalized spacial score (nSPS) is 12.4. The van der Waals surface area contributed by atoms with Crippen LogP contribution in [-0.4, -0.2) is 66.5 Å². The van der Waals surface area contributed by atoms with Gasteiger partial charge in [0.25, 0.3) is 0 Å². The molecule has 0 radical (unpaired) electrons. The molecule has 0 fully saturated rings. The van der Waals surface area contributed by atoms with Gasteiger partial charge in [0.2, 0.25) is 17.7 Å². The molecule has 0 bridgehead atoms. The number of nitrogens with zero attached hydrogens (tertiary/aromatic N) is 2. The van der Waals surface area contributed by atoms with Gasteiger partial charge in [-0.2, -0.15) is 5.26 Å². The van der Waals surface area contributed by atoms with Crippen LogP contribution in [0.1, 0.15) is 49.9 Å². The van der Waals surface area contributed by atoms with Crippen LogP contribution in [0.3, 0.4) is 0 Å². The molecule has 0 saturated carbocycles. The summed E-state index contributed by atoms with van der Waals surface area (Å²) in [4.78, 5) is 63.5. The van der Waals surface area contributed by atoms with Crippen LogP contribution in [0.2, 0.25) is 0 Å². The molecule has 12 heteroatoms. The summed E-state index contributed by atoms with van der Waals surface area (Å²) >= 11 is 0. The zero-order valence-corrected chi connectivity index (χ0v) is 21.3. The lowest BCUT2D eigenvalue weighted by Crippen LogP contribution is -2.54. The highest BCUT2D eigenvalue weighted by atomic mass is 16.6. The average molecular weight is 504 g/mol. The second-order valence-electron chi connectivity index (χ2n) is 8.98. The van der Waals surface area contributed by atoms with Gasteiger partial charge < -0.3 is 30.7 Å². The highest BCUT2D eigenvalue weighted by molar-refractivity contribution is 5.95. The first-order valence-electron chi connectivity index (χ1n) is 11.1. The van der Waals surface area contributed by atoms with Crippen LogP contribution in [0.5, 0.6) is 0 Å². The van der Waals surface area contributed by atoms with Crippen LogP contribution in [0.15, 0.2) is 18.2 Å². The molecule has 2 atom stereocenters. The number of carbonyl (C=O) groups excluding carboxylic acids is 5. The molecule has 2 unspecified atom stereocenters. The number of benzene rings is 1. The molecule has 4 N–H and O–H groups in total. The number of nitrogens with two attached hydrogens (primary N) is 1. The molecule has 0 aromatic heterocycles. The SMILES string of the molecule is COC(=O)CNC(=O)C(c1cccc(C)c1C)N(CC#N)C(=O)C(CC(N)=O)NC(=O)OC(C)(C)C. The lowest BCUT2D eigenvalue weighted by molar-refractivity contribution is -0.144. The maximum Gasteiger partial charge on any atom is 0.408 e. The van der Waals surface area contributed by atoms with Crippen molar-refractivity contribution in [2.45, 2.75) is 58.7 Å². The van der Waals surface area contributed by atoms with E-state index >= 15 is 0 Å². The molecule has 0 saturated heterocycles. The zero-order chi connectivity index (χ0) is 27.6. The Morgan fingerprint density at radius 1 is 1.17 bits per heavy atom. The minimum absolute atomic E-state index is 0.385. The van der Waals surface area contributed by atoms with E-state index in [4.69, 9.17) is 10.5 Å². The Labute approximate surface area is 210 Å². The van der Waals surface area contributed by atoms with E-state index in [1.165, 1.54) is 0 Å². The first-order chi connectivity index (χ1) is 16.7. The number of nitriles is 1. The fourth-order valence-corrected chi connectivity index (χ4v) is 3.27. The fraction of sp³-hybridized carbons (Fsp3) is 0.500. The number of hydrogen-bond donors (Lipinski definition) is 3. The van der Waals surface area contributed by atoms with Crippen LogP contribution < -0.4 is 16.4 Å². The van der Waals surface area contributed by atoms with Crippen LogP contribution >= 0.6 is 0 Å². The summed E-state index contributed by atoms with van der Waals surface area (Å²) < 4.78 is 9.73. The minimum Gasteiger partial charge on any atom is -0.468 e. The van der Waals surface area contributed by atoms with Crippen LogP contribution in [0.25, 0.3) is 0 Å². The van der Waals surface area contributed by atoms with E-state index in [2.05, 4.69) is 15.4 Å². The Balaban J connectivity index is 3.53. The molecular weight excluding hydrogens is 470 g/mol. The Morgan fingerprint density at radius 2 is 1.81 bits per heavy atom. The maximum absolute atomic E-state index is 13.6. The fourth-order valence-electron chi connectivity index (χ4n) is 3.27. The molecule has 0 spiro atoms. The molecule has 4 amide bonds. The van der Waals surface area contributed by atoms with Gasteiger partial charge in [0, 0.05) is 0 Å². The first-order valence-corrected chi connectivity index (χ1v) is 11.1. The van der Waals surface area contributed by atoms with E-state index in [0.29, 0.717) is 11.1 Å². The number of rotatable bonds is 10. The molecule has 1 aromatic carbocycles. The molecule has 0 aliphatic rings. The van der Waals surface area contributed by atoms with E-state index in [1.807, 2.05) is 6.07 Å². The Morgan fingerprint density at radius 3 is 2.33 bits per heavy atom. The molecule has 36 heavy (non-hydrogen) atoms. The Hall–Kier alpha value is -4.14. The number of esters is 1. The summed E-state index contributed by atoms with van der Waals surface area (Å²) in [7, 11) is 1.15. The summed E-state index contributed by atoms with van der Waals surface area (Å²) in [6, 6.07) is 4.02. The lowest BCUT2D eigenvalue weighted by Gasteiger charge is -2.33. The van der Waals surface area contributed by atoms with E-state index in [0.717, 1.165) is 17.6 Å². The summed E-state index contributed by atoms with van der Waals surface area (Å²) in [5, 5.41) is 14.2. The van der Waals surface area contributed by atoms with Crippen molar-refractivity contribution in [3.63, 3.8) is 0 Å². The number of alkyl carbamates (subject to hydrolysis) is 1. The largest absolute Gasteiger partial charge is 0.468 e. The number of aryl methyl sites for hydroxylation is 1. The van der Waals surface area contributed by atoms with E-state index in [-0.39, 0.29) is 0 Å². The molecule has 1 aromatic rings. The van der Waals surface area contributed by atoms with E-state index in [1.54, 1.807) is 52.8 Å². The van der Waals surface area contributed by atoms with Gasteiger partial charge in [0.1, 0.15) is 30.8 Å². The minimum atomic E-state index is -1.52. The average Bonchev–Trinajstić information content (AvgIpc) is 2.77. The number of carbonyl (C=O) groups is 5. The second-order valence-corrected chi connectivity index (χ2v) is 8.98. The topological polar surface area (TPSA) is 181 Å². The number of methoxy groups -OCH3 is 1. The van der Waals surface area contributed by atoms with Gasteiger partial charge in [-0.1, -0.05) is 18.2 Å². The highest BCUT2D eigenvalue weighted by Crippen LogP contribution is 2.27. The van der Waals surface area contributed by atoms with Crippen molar-refractivity contribution in [2.75, 3.05) is 20.2 Å². The van der Waals surface area contributed by atoms with Crippen LogP contribution in [0.4, 0.5) is 4.79 Å². The van der Waals surface area contributed by atoms with Crippen LogP contribution in [-0.2, 0) is 28.7 Å². The quantitative estimate of drug-likeness (QED) is 0.309. The second kappa shape index (κ2) is 13.1. The van der Waals surface area contributed by atoms with Gasteiger partial charge >= 0.3 is 12.1 Å².